The van der Waals surface area contributed by atoms with E-state index in [-0.39, 0.29) is 5.82 Å². The predicted octanol–water partition coefficient (Wildman–Crippen LogP) is 6.98. The number of benzene rings is 3. The first kappa shape index (κ1) is 18.3. The number of halogens is 1. The second kappa shape index (κ2) is 7.93. The number of hydrogen-bond acceptors (Lipinski definition) is 5. The number of fused-ring (bicyclic) bond motifs is 1. The topological polar surface area (TPSA) is 49.8 Å². The van der Waals surface area contributed by atoms with E-state index in [1.54, 1.807) is 29.8 Å². The molecule has 0 fully saturated rings. The Morgan fingerprint density at radius 2 is 1.37 bits per heavy atom. The van der Waals surface area contributed by atoms with E-state index in [0.717, 1.165) is 44.2 Å². The van der Waals surface area contributed by atoms with Gasteiger partial charge in [-0.05, 0) is 54.1 Å². The van der Waals surface area contributed by atoms with Crippen LogP contribution in [0.5, 0.6) is 0 Å². The SMILES string of the molecule is Fc1ccc(-c2csc3ncnc(Nc4ccc(Nc5ccccc5)cc4)c23)cc1. The fourth-order valence-electron chi connectivity index (χ4n) is 3.27. The van der Waals surface area contributed by atoms with Crippen molar-refractivity contribution in [1.82, 2.24) is 9.97 Å². The van der Waals surface area contributed by atoms with Gasteiger partial charge in [0.25, 0.3) is 0 Å². The van der Waals surface area contributed by atoms with Gasteiger partial charge in [-0.1, -0.05) is 30.3 Å². The molecule has 0 bridgehead atoms. The molecule has 5 rings (SSSR count). The molecule has 6 heteroatoms. The number of thiophene rings is 1. The maximum atomic E-state index is 13.3. The summed E-state index contributed by atoms with van der Waals surface area (Å²) in [7, 11) is 0. The van der Waals surface area contributed by atoms with Crippen molar-refractivity contribution in [3.63, 3.8) is 0 Å². The van der Waals surface area contributed by atoms with Crippen LogP contribution in [0.1, 0.15) is 0 Å². The van der Waals surface area contributed by atoms with Crippen LogP contribution < -0.4 is 10.6 Å². The quantitative estimate of drug-likeness (QED) is 0.327. The number of anilines is 4. The van der Waals surface area contributed by atoms with Crippen LogP contribution in [-0.2, 0) is 0 Å². The van der Waals surface area contributed by atoms with Gasteiger partial charge in [0.1, 0.15) is 22.8 Å². The average Bonchev–Trinajstić information content (AvgIpc) is 3.22. The predicted molar refractivity (Wildman–Crippen MR) is 122 cm³/mol. The number of para-hydroxylation sites is 1. The third-order valence-electron chi connectivity index (χ3n) is 4.74. The number of hydrogen-bond donors (Lipinski definition) is 2. The number of aromatic nitrogens is 2. The van der Waals surface area contributed by atoms with Crippen molar-refractivity contribution >= 4 is 44.4 Å². The Bertz CT molecular complexity index is 1280. The van der Waals surface area contributed by atoms with E-state index in [1.807, 2.05) is 60.0 Å². The first-order valence-electron chi connectivity index (χ1n) is 9.43. The Morgan fingerprint density at radius 3 is 2.10 bits per heavy atom. The van der Waals surface area contributed by atoms with Gasteiger partial charge in [-0.3, -0.25) is 0 Å². The third kappa shape index (κ3) is 3.73. The molecule has 0 aliphatic rings. The molecule has 0 amide bonds. The maximum Gasteiger partial charge on any atom is 0.143 e. The van der Waals surface area contributed by atoms with E-state index in [9.17, 15) is 4.39 Å². The van der Waals surface area contributed by atoms with Crippen LogP contribution >= 0.6 is 11.3 Å². The van der Waals surface area contributed by atoms with Crippen LogP contribution in [0.15, 0.2) is 90.6 Å². The Morgan fingerprint density at radius 1 is 0.700 bits per heavy atom. The van der Waals surface area contributed by atoms with Gasteiger partial charge in [0.15, 0.2) is 0 Å². The van der Waals surface area contributed by atoms with E-state index in [4.69, 9.17) is 0 Å². The molecule has 146 valence electrons. The average molecular weight is 412 g/mol. The molecule has 0 spiro atoms. The minimum Gasteiger partial charge on any atom is -0.356 e. The number of nitrogens with zero attached hydrogens (tertiary/aromatic N) is 2. The standard InChI is InChI=1S/C24H17FN4S/c25-17-8-6-16(7-9-17)21-14-30-24-22(21)23(26-15-27-24)29-20-12-10-19(11-13-20)28-18-4-2-1-3-5-18/h1-15,28H,(H,26,27,29). The summed E-state index contributed by atoms with van der Waals surface area (Å²) in [5.74, 6) is 0.474. The maximum absolute atomic E-state index is 13.3. The highest BCUT2D eigenvalue weighted by Gasteiger charge is 2.13. The molecule has 2 N–H and O–H groups in total. The molecule has 5 aromatic rings. The van der Waals surface area contributed by atoms with Crippen LogP contribution in [-0.4, -0.2) is 9.97 Å². The molecule has 3 aromatic carbocycles. The molecular weight excluding hydrogens is 395 g/mol. The molecule has 2 heterocycles. The Labute approximate surface area is 177 Å². The van der Waals surface area contributed by atoms with Gasteiger partial charge in [0.05, 0.1) is 5.39 Å². The zero-order valence-corrected chi connectivity index (χ0v) is 16.7. The molecule has 0 saturated carbocycles. The first-order chi connectivity index (χ1) is 14.8. The Balaban J connectivity index is 1.44. The second-order valence-corrected chi connectivity index (χ2v) is 7.61. The summed E-state index contributed by atoms with van der Waals surface area (Å²) in [6.45, 7) is 0. The summed E-state index contributed by atoms with van der Waals surface area (Å²) in [5, 5.41) is 9.74. The van der Waals surface area contributed by atoms with Gasteiger partial charge in [-0.2, -0.15) is 0 Å². The lowest BCUT2D eigenvalue weighted by atomic mass is 10.1. The lowest BCUT2D eigenvalue weighted by Crippen LogP contribution is -1.96. The van der Waals surface area contributed by atoms with Crippen LogP contribution in [0.2, 0.25) is 0 Å². The van der Waals surface area contributed by atoms with Gasteiger partial charge >= 0.3 is 0 Å². The molecular formula is C24H17FN4S. The zero-order chi connectivity index (χ0) is 20.3. The Hall–Kier alpha value is -3.77. The molecule has 0 unspecified atom stereocenters. The van der Waals surface area contributed by atoms with Crippen LogP contribution in [0.3, 0.4) is 0 Å². The number of nitrogens with one attached hydrogen (secondary N) is 2. The summed E-state index contributed by atoms with van der Waals surface area (Å²) in [6.07, 6.45) is 1.56. The highest BCUT2D eigenvalue weighted by atomic mass is 32.1. The highest BCUT2D eigenvalue weighted by molar-refractivity contribution is 7.17. The number of rotatable bonds is 5. The normalized spacial score (nSPS) is 10.8. The molecule has 30 heavy (non-hydrogen) atoms. The molecule has 0 radical (unpaired) electrons. The fraction of sp³-hybridized carbons (Fsp3) is 0. The fourth-order valence-corrected chi connectivity index (χ4v) is 4.19. The van der Waals surface area contributed by atoms with Crippen molar-refractivity contribution in [3.05, 3.63) is 96.4 Å². The lowest BCUT2D eigenvalue weighted by Gasteiger charge is -2.10. The van der Waals surface area contributed by atoms with Gasteiger partial charge in [0.2, 0.25) is 0 Å². The molecule has 0 saturated heterocycles. The zero-order valence-electron chi connectivity index (χ0n) is 15.8. The summed E-state index contributed by atoms with van der Waals surface area (Å²) >= 11 is 1.55. The largest absolute Gasteiger partial charge is 0.356 e. The van der Waals surface area contributed by atoms with E-state index in [0.29, 0.717) is 0 Å². The lowest BCUT2D eigenvalue weighted by molar-refractivity contribution is 0.628. The summed E-state index contributed by atoms with van der Waals surface area (Å²) in [5.41, 5.74) is 4.88. The van der Waals surface area contributed by atoms with Gasteiger partial charge < -0.3 is 10.6 Å². The van der Waals surface area contributed by atoms with Crippen LogP contribution in [0.25, 0.3) is 21.3 Å². The van der Waals surface area contributed by atoms with Crippen molar-refractivity contribution in [2.24, 2.45) is 0 Å². The van der Waals surface area contributed by atoms with Crippen molar-refractivity contribution in [1.29, 1.82) is 0 Å². The minimum absolute atomic E-state index is 0.253. The Kier molecular flexibility index (Phi) is 4.83. The minimum atomic E-state index is -0.253. The third-order valence-corrected chi connectivity index (χ3v) is 5.62. The smallest absolute Gasteiger partial charge is 0.143 e. The van der Waals surface area contributed by atoms with Crippen molar-refractivity contribution < 1.29 is 4.39 Å². The van der Waals surface area contributed by atoms with E-state index >= 15 is 0 Å². The molecule has 0 aliphatic carbocycles. The van der Waals surface area contributed by atoms with E-state index in [2.05, 4.69) is 20.6 Å². The van der Waals surface area contributed by atoms with Gasteiger partial charge in [-0.25, -0.2) is 14.4 Å². The molecule has 0 atom stereocenters. The summed E-state index contributed by atoms with van der Waals surface area (Å²) in [6, 6.07) is 24.6. The monoisotopic (exact) mass is 412 g/mol. The van der Waals surface area contributed by atoms with Crippen molar-refractivity contribution in [2.75, 3.05) is 10.6 Å². The molecule has 0 aliphatic heterocycles. The van der Waals surface area contributed by atoms with Gasteiger partial charge in [0, 0.05) is 28.0 Å². The van der Waals surface area contributed by atoms with E-state index < -0.39 is 0 Å². The second-order valence-electron chi connectivity index (χ2n) is 6.75. The van der Waals surface area contributed by atoms with Crippen molar-refractivity contribution in [2.45, 2.75) is 0 Å². The summed E-state index contributed by atoms with van der Waals surface area (Å²) < 4.78 is 13.3. The molecule has 4 nitrogen and oxygen atoms in total. The van der Waals surface area contributed by atoms with Crippen molar-refractivity contribution in [3.8, 4) is 11.1 Å². The summed E-state index contributed by atoms with van der Waals surface area (Å²) in [4.78, 5) is 9.74. The van der Waals surface area contributed by atoms with Crippen LogP contribution in [0.4, 0.5) is 27.3 Å². The van der Waals surface area contributed by atoms with E-state index in [1.165, 1.54) is 12.1 Å². The molecule has 2 aromatic heterocycles. The first-order valence-corrected chi connectivity index (χ1v) is 10.3. The van der Waals surface area contributed by atoms with Gasteiger partial charge in [-0.15, -0.1) is 11.3 Å². The van der Waals surface area contributed by atoms with Crippen LogP contribution in [0, 0.1) is 5.82 Å². The highest BCUT2D eigenvalue weighted by Crippen LogP contribution is 2.37.